The van der Waals surface area contributed by atoms with Gasteiger partial charge in [0.1, 0.15) is 0 Å². The first kappa shape index (κ1) is 21.3. The van der Waals surface area contributed by atoms with Crippen LogP contribution in [0.5, 0.6) is 0 Å². The van der Waals surface area contributed by atoms with Gasteiger partial charge in [-0.05, 0) is 51.4 Å². The molecule has 0 aliphatic heterocycles. The molecule has 0 rings (SSSR count). The summed E-state index contributed by atoms with van der Waals surface area (Å²) >= 11 is 0. The second-order valence-electron chi connectivity index (χ2n) is 5.56. The molecule has 0 bridgehead atoms. The predicted molar refractivity (Wildman–Crippen MR) is 101 cm³/mol. The average Bonchev–Trinajstić information content (AvgIpc) is 2.57. The Balaban J connectivity index is 3.39. The molecule has 0 saturated carbocycles. The van der Waals surface area contributed by atoms with Gasteiger partial charge in [0.15, 0.2) is 0 Å². The monoisotopic (exact) mass is 315 g/mol. The van der Waals surface area contributed by atoms with E-state index in [1.165, 1.54) is 25.7 Å². The van der Waals surface area contributed by atoms with Gasteiger partial charge in [0.2, 0.25) is 6.08 Å². The molecule has 0 spiro atoms. The minimum Gasteiger partial charge on any atom is -0.211 e. The predicted octanol–water partition coefficient (Wildman–Crippen LogP) is 6.47. The summed E-state index contributed by atoms with van der Waals surface area (Å²) in [5, 5.41) is 0. The van der Waals surface area contributed by atoms with E-state index in [4.69, 9.17) is 0 Å². The van der Waals surface area contributed by atoms with Crippen molar-refractivity contribution in [2.75, 3.05) is 6.54 Å². The van der Waals surface area contributed by atoms with Gasteiger partial charge in [0.25, 0.3) is 0 Å². The first-order valence-electron chi connectivity index (χ1n) is 9.05. The van der Waals surface area contributed by atoms with Gasteiger partial charge in [-0.3, -0.25) is 0 Å². The van der Waals surface area contributed by atoms with Crippen molar-refractivity contribution in [3.05, 3.63) is 48.6 Å². The highest BCUT2D eigenvalue weighted by molar-refractivity contribution is 5.32. The number of isocyanates is 1. The summed E-state index contributed by atoms with van der Waals surface area (Å²) in [7, 11) is 0. The minimum atomic E-state index is 0.609. The molecule has 0 N–H and O–H groups in total. The first-order valence-corrected chi connectivity index (χ1v) is 9.05. The largest absolute Gasteiger partial charge is 0.234 e. The van der Waals surface area contributed by atoms with Gasteiger partial charge in [-0.15, -0.1) is 0 Å². The van der Waals surface area contributed by atoms with E-state index in [2.05, 4.69) is 60.5 Å². The highest BCUT2D eigenvalue weighted by Crippen LogP contribution is 2.01. The lowest BCUT2D eigenvalue weighted by Gasteiger charge is -1.91. The van der Waals surface area contributed by atoms with E-state index in [-0.39, 0.29) is 0 Å². The van der Waals surface area contributed by atoms with E-state index in [1.807, 2.05) is 0 Å². The van der Waals surface area contributed by atoms with Crippen LogP contribution in [0.15, 0.2) is 53.6 Å². The number of allylic oxidation sites excluding steroid dienone is 8. The molecule has 2 nitrogen and oxygen atoms in total. The van der Waals surface area contributed by atoms with Crippen molar-refractivity contribution in [1.29, 1.82) is 0 Å². The molecule has 0 amide bonds. The molecule has 0 atom stereocenters. The lowest BCUT2D eigenvalue weighted by atomic mass is 10.2. The molecule has 128 valence electrons. The number of hydrogen-bond donors (Lipinski definition) is 0. The van der Waals surface area contributed by atoms with Crippen LogP contribution >= 0.6 is 0 Å². The van der Waals surface area contributed by atoms with Crippen molar-refractivity contribution in [2.24, 2.45) is 4.99 Å². The second-order valence-corrected chi connectivity index (χ2v) is 5.56. The molecule has 23 heavy (non-hydrogen) atoms. The molecule has 0 fully saturated rings. The van der Waals surface area contributed by atoms with Crippen molar-refractivity contribution >= 4 is 6.08 Å². The summed E-state index contributed by atoms with van der Waals surface area (Å²) < 4.78 is 0. The maximum atomic E-state index is 9.87. The van der Waals surface area contributed by atoms with E-state index in [9.17, 15) is 4.79 Å². The first-order chi connectivity index (χ1) is 11.4. The topological polar surface area (TPSA) is 29.4 Å². The molecular formula is C21H33NO. The smallest absolute Gasteiger partial charge is 0.211 e. The third kappa shape index (κ3) is 20.3. The maximum absolute atomic E-state index is 9.87. The zero-order valence-corrected chi connectivity index (χ0v) is 14.8. The highest BCUT2D eigenvalue weighted by Gasteiger charge is 1.83. The fourth-order valence-electron chi connectivity index (χ4n) is 2.06. The highest BCUT2D eigenvalue weighted by atomic mass is 16.1. The Morgan fingerprint density at radius 1 is 0.696 bits per heavy atom. The number of nitrogens with zero attached hydrogens (tertiary/aromatic N) is 1. The Labute approximate surface area is 142 Å². The number of unbranched alkanes of at least 4 members (excludes halogenated alkanes) is 5. The number of hydrogen-bond acceptors (Lipinski definition) is 2. The minimum absolute atomic E-state index is 0.609. The van der Waals surface area contributed by atoms with Crippen LogP contribution in [0.25, 0.3) is 0 Å². The Morgan fingerprint density at radius 3 is 1.65 bits per heavy atom. The summed E-state index contributed by atoms with van der Waals surface area (Å²) in [6, 6.07) is 0. The van der Waals surface area contributed by atoms with Crippen molar-refractivity contribution < 1.29 is 4.79 Å². The zero-order chi connectivity index (χ0) is 16.8. The van der Waals surface area contributed by atoms with Gasteiger partial charge in [-0.1, -0.05) is 68.4 Å². The van der Waals surface area contributed by atoms with Gasteiger partial charge in [0.05, 0.1) is 6.54 Å². The Bertz CT molecular complexity index is 398. The van der Waals surface area contributed by atoms with Gasteiger partial charge in [0, 0.05) is 0 Å². The molecule has 2 heteroatoms. The van der Waals surface area contributed by atoms with Crippen LogP contribution in [-0.4, -0.2) is 12.6 Å². The van der Waals surface area contributed by atoms with Crippen LogP contribution in [0.2, 0.25) is 0 Å². The molecule has 0 radical (unpaired) electrons. The Kier molecular flexibility index (Phi) is 18.9. The fourth-order valence-corrected chi connectivity index (χ4v) is 2.06. The van der Waals surface area contributed by atoms with E-state index in [0.29, 0.717) is 6.54 Å². The standard InChI is InChI=1S/C21H33NO/c1-2-3-4-5-6-7-8-9-10-11-12-13-14-15-16-17-18-19-20-22-21-23/h6-7,9-10,12-13,15-16H,2-5,8,11,14,17-20H2,1H3. The van der Waals surface area contributed by atoms with Crippen LogP contribution in [0.4, 0.5) is 0 Å². The SMILES string of the molecule is CCCCCC=CCC=CCC=CCC=CCCCCN=C=O. The van der Waals surface area contributed by atoms with Crippen molar-refractivity contribution in [3.8, 4) is 0 Å². The zero-order valence-electron chi connectivity index (χ0n) is 14.8. The van der Waals surface area contributed by atoms with Crippen LogP contribution in [0.3, 0.4) is 0 Å². The number of aliphatic imine (C=N–C) groups is 1. The van der Waals surface area contributed by atoms with E-state index < -0.39 is 0 Å². The molecule has 0 aromatic carbocycles. The Morgan fingerprint density at radius 2 is 1.17 bits per heavy atom. The molecule has 0 aromatic heterocycles. The molecule has 0 aliphatic carbocycles. The van der Waals surface area contributed by atoms with Gasteiger partial charge >= 0.3 is 0 Å². The van der Waals surface area contributed by atoms with Crippen LogP contribution < -0.4 is 0 Å². The lowest BCUT2D eigenvalue weighted by Crippen LogP contribution is -1.79. The average molecular weight is 316 g/mol. The number of rotatable bonds is 15. The number of carbonyl (C=O) groups excluding carboxylic acids is 1. The maximum Gasteiger partial charge on any atom is 0.234 e. The Hall–Kier alpha value is -1.66. The third-order valence-electron chi connectivity index (χ3n) is 3.41. The van der Waals surface area contributed by atoms with E-state index in [0.717, 1.165) is 38.5 Å². The summed E-state index contributed by atoms with van der Waals surface area (Å²) in [5.74, 6) is 0. The second kappa shape index (κ2) is 20.3. The van der Waals surface area contributed by atoms with Crippen LogP contribution in [0.1, 0.15) is 71.1 Å². The van der Waals surface area contributed by atoms with Crippen molar-refractivity contribution in [3.63, 3.8) is 0 Å². The van der Waals surface area contributed by atoms with E-state index >= 15 is 0 Å². The molecule has 0 aliphatic rings. The van der Waals surface area contributed by atoms with Gasteiger partial charge in [-0.2, -0.15) is 0 Å². The fraction of sp³-hybridized carbons (Fsp3) is 0.571. The van der Waals surface area contributed by atoms with Gasteiger partial charge in [-0.25, -0.2) is 9.79 Å². The quantitative estimate of drug-likeness (QED) is 0.147. The molecule has 0 saturated heterocycles. The molecule has 0 unspecified atom stereocenters. The van der Waals surface area contributed by atoms with Gasteiger partial charge < -0.3 is 0 Å². The summed E-state index contributed by atoms with van der Waals surface area (Å²) in [6.07, 6.45) is 30.8. The van der Waals surface area contributed by atoms with Crippen LogP contribution in [-0.2, 0) is 4.79 Å². The third-order valence-corrected chi connectivity index (χ3v) is 3.41. The summed E-state index contributed by atoms with van der Waals surface area (Å²) in [5.41, 5.74) is 0. The van der Waals surface area contributed by atoms with Crippen molar-refractivity contribution in [2.45, 2.75) is 71.1 Å². The summed E-state index contributed by atoms with van der Waals surface area (Å²) in [4.78, 5) is 13.4. The van der Waals surface area contributed by atoms with Crippen LogP contribution in [0, 0.1) is 0 Å². The van der Waals surface area contributed by atoms with Crippen molar-refractivity contribution in [1.82, 2.24) is 0 Å². The summed E-state index contributed by atoms with van der Waals surface area (Å²) in [6.45, 7) is 2.85. The molecule has 0 heterocycles. The molecular weight excluding hydrogens is 282 g/mol. The lowest BCUT2D eigenvalue weighted by molar-refractivity contribution is 0.562. The molecule has 0 aromatic rings. The van der Waals surface area contributed by atoms with E-state index in [1.54, 1.807) is 6.08 Å². The normalized spacial score (nSPS) is 12.0.